The van der Waals surface area contributed by atoms with E-state index in [2.05, 4.69) is 15.5 Å². The van der Waals surface area contributed by atoms with Crippen molar-refractivity contribution in [3.63, 3.8) is 0 Å². The number of piperidine rings is 1. The third kappa shape index (κ3) is 3.26. The van der Waals surface area contributed by atoms with Crippen LogP contribution in [0, 0.1) is 11.3 Å². The molecule has 4 rings (SSSR count). The van der Waals surface area contributed by atoms with Gasteiger partial charge in [-0.15, -0.1) is 0 Å². The fraction of sp³-hybridized carbons (Fsp3) is 0.444. The highest BCUT2D eigenvalue weighted by Gasteiger charge is 2.45. The Kier molecular flexibility index (Phi) is 4.31. The van der Waals surface area contributed by atoms with E-state index in [9.17, 15) is 4.79 Å². The van der Waals surface area contributed by atoms with E-state index in [1.165, 1.54) is 6.20 Å². The number of likely N-dealkylation sites (tertiary alicyclic amines) is 1. The summed E-state index contributed by atoms with van der Waals surface area (Å²) in [6.07, 6.45) is 4.05. The normalized spacial score (nSPS) is 25.2. The fourth-order valence-electron chi connectivity index (χ4n) is 3.76. The number of ether oxygens (including phenoxy) is 1. The Morgan fingerprint density at radius 2 is 2.35 bits per heavy atom. The van der Waals surface area contributed by atoms with Gasteiger partial charge in [-0.3, -0.25) is 4.79 Å². The summed E-state index contributed by atoms with van der Waals surface area (Å²) < 4.78 is 11.1. The molecule has 26 heavy (non-hydrogen) atoms. The molecule has 0 aromatic carbocycles. The predicted octanol–water partition coefficient (Wildman–Crippen LogP) is 1.82. The minimum atomic E-state index is -0.349. The molecule has 2 atom stereocenters. The van der Waals surface area contributed by atoms with Crippen LogP contribution in [-0.2, 0) is 4.74 Å². The number of pyridine rings is 1. The van der Waals surface area contributed by atoms with Gasteiger partial charge < -0.3 is 19.5 Å². The van der Waals surface area contributed by atoms with E-state index in [1.807, 2.05) is 12.1 Å². The summed E-state index contributed by atoms with van der Waals surface area (Å²) in [5, 5.41) is 15.9. The maximum Gasteiger partial charge on any atom is 0.292 e. The van der Waals surface area contributed by atoms with E-state index in [1.54, 1.807) is 23.1 Å². The van der Waals surface area contributed by atoms with Gasteiger partial charge >= 0.3 is 0 Å². The quantitative estimate of drug-likeness (QED) is 0.897. The average Bonchev–Trinajstić information content (AvgIpc) is 3.32. The number of carbonyl (C=O) groups excluding carboxylic acids is 1. The van der Waals surface area contributed by atoms with E-state index >= 15 is 0 Å². The molecular weight excluding hydrogens is 334 g/mol. The van der Waals surface area contributed by atoms with Crippen molar-refractivity contribution in [3.8, 4) is 6.07 Å². The second-order valence-corrected chi connectivity index (χ2v) is 6.77. The second-order valence-electron chi connectivity index (χ2n) is 6.77. The summed E-state index contributed by atoms with van der Waals surface area (Å²) in [4.78, 5) is 18.6. The molecule has 1 N–H and O–H groups in total. The van der Waals surface area contributed by atoms with Crippen LogP contribution in [0.2, 0.25) is 0 Å². The summed E-state index contributed by atoms with van der Waals surface area (Å²) in [6, 6.07) is 9.03. The van der Waals surface area contributed by atoms with Gasteiger partial charge in [-0.1, -0.05) is 11.2 Å². The number of hydrogen-bond acceptors (Lipinski definition) is 7. The minimum Gasteiger partial charge on any atom is -0.371 e. The van der Waals surface area contributed by atoms with Crippen molar-refractivity contribution < 1.29 is 14.1 Å². The van der Waals surface area contributed by atoms with Gasteiger partial charge in [0.1, 0.15) is 17.6 Å². The zero-order valence-electron chi connectivity index (χ0n) is 14.2. The molecule has 4 heterocycles. The van der Waals surface area contributed by atoms with Crippen LogP contribution in [0.5, 0.6) is 0 Å². The van der Waals surface area contributed by atoms with E-state index in [0.29, 0.717) is 31.2 Å². The first-order chi connectivity index (χ1) is 12.7. The molecule has 1 spiro atoms. The molecule has 0 bridgehead atoms. The maximum absolute atomic E-state index is 12.5. The van der Waals surface area contributed by atoms with Crippen LogP contribution >= 0.6 is 0 Å². The van der Waals surface area contributed by atoms with Gasteiger partial charge in [0.2, 0.25) is 5.76 Å². The molecule has 2 aliphatic heterocycles. The first-order valence-electron chi connectivity index (χ1n) is 8.65. The van der Waals surface area contributed by atoms with Crippen molar-refractivity contribution in [3.05, 3.63) is 41.9 Å². The maximum atomic E-state index is 12.5. The van der Waals surface area contributed by atoms with Crippen LogP contribution < -0.4 is 5.32 Å². The van der Waals surface area contributed by atoms with Crippen molar-refractivity contribution in [1.29, 1.82) is 5.26 Å². The molecule has 2 saturated heterocycles. The van der Waals surface area contributed by atoms with Crippen LogP contribution in [-0.4, -0.2) is 52.3 Å². The molecule has 0 saturated carbocycles. The monoisotopic (exact) mass is 353 g/mol. The molecule has 134 valence electrons. The van der Waals surface area contributed by atoms with Gasteiger partial charge in [0.25, 0.3) is 5.91 Å². The van der Waals surface area contributed by atoms with Crippen LogP contribution in [0.25, 0.3) is 0 Å². The molecule has 1 amide bonds. The van der Waals surface area contributed by atoms with E-state index in [4.69, 9.17) is 14.5 Å². The number of carbonyl (C=O) groups is 1. The second kappa shape index (κ2) is 6.77. The topological polar surface area (TPSA) is 104 Å². The third-order valence-corrected chi connectivity index (χ3v) is 4.90. The fourth-order valence-corrected chi connectivity index (χ4v) is 3.76. The van der Waals surface area contributed by atoms with E-state index < -0.39 is 0 Å². The van der Waals surface area contributed by atoms with Gasteiger partial charge in [0, 0.05) is 19.0 Å². The Balaban J connectivity index is 1.41. The Morgan fingerprint density at radius 1 is 1.42 bits per heavy atom. The number of nitriles is 1. The summed E-state index contributed by atoms with van der Waals surface area (Å²) >= 11 is 0. The molecule has 2 fully saturated rings. The average molecular weight is 353 g/mol. The molecular formula is C18H19N5O3. The van der Waals surface area contributed by atoms with Gasteiger partial charge in [-0.2, -0.15) is 5.26 Å². The highest BCUT2D eigenvalue weighted by atomic mass is 16.5. The summed E-state index contributed by atoms with van der Waals surface area (Å²) in [5.41, 5.74) is 0.0310. The number of amides is 1. The van der Waals surface area contributed by atoms with Gasteiger partial charge in [-0.25, -0.2) is 4.98 Å². The number of rotatable bonds is 3. The van der Waals surface area contributed by atoms with Gasteiger partial charge in [-0.05, 0) is 25.0 Å². The lowest BCUT2D eigenvalue weighted by atomic mass is 9.88. The van der Waals surface area contributed by atoms with Crippen LogP contribution in [0.1, 0.15) is 35.5 Å². The molecule has 0 aliphatic carbocycles. The number of anilines is 1. The first-order valence-corrected chi connectivity index (χ1v) is 8.65. The Bertz CT molecular complexity index is 832. The summed E-state index contributed by atoms with van der Waals surface area (Å²) in [5.74, 6) is 0.775. The van der Waals surface area contributed by atoms with Gasteiger partial charge in [0.15, 0.2) is 0 Å². The summed E-state index contributed by atoms with van der Waals surface area (Å²) in [6.45, 7) is 1.77. The zero-order chi connectivity index (χ0) is 18.0. The number of nitrogens with zero attached hydrogens (tertiary/aromatic N) is 4. The van der Waals surface area contributed by atoms with Crippen molar-refractivity contribution >= 4 is 11.7 Å². The highest BCUT2D eigenvalue weighted by Crippen LogP contribution is 2.36. The Hall–Kier alpha value is -2.92. The molecule has 2 aliphatic rings. The number of nitrogens with one attached hydrogen (secondary N) is 1. The van der Waals surface area contributed by atoms with Crippen molar-refractivity contribution in [1.82, 2.24) is 15.0 Å². The number of aromatic nitrogens is 2. The lowest BCUT2D eigenvalue weighted by Crippen LogP contribution is -2.50. The van der Waals surface area contributed by atoms with Crippen LogP contribution in [0.3, 0.4) is 0 Å². The minimum absolute atomic E-state index is 0.0942. The van der Waals surface area contributed by atoms with Crippen molar-refractivity contribution in [2.24, 2.45) is 0 Å². The third-order valence-electron chi connectivity index (χ3n) is 4.90. The molecule has 0 unspecified atom stereocenters. The lowest BCUT2D eigenvalue weighted by Gasteiger charge is -2.39. The summed E-state index contributed by atoms with van der Waals surface area (Å²) in [7, 11) is 0. The smallest absolute Gasteiger partial charge is 0.292 e. The molecule has 8 nitrogen and oxygen atoms in total. The van der Waals surface area contributed by atoms with Crippen LogP contribution in [0.4, 0.5) is 5.82 Å². The number of hydrogen-bond donors (Lipinski definition) is 1. The predicted molar refractivity (Wildman–Crippen MR) is 91.3 cm³/mol. The zero-order valence-corrected chi connectivity index (χ0v) is 14.2. The van der Waals surface area contributed by atoms with Crippen molar-refractivity contribution in [2.75, 3.05) is 25.0 Å². The standard InChI is InChI=1S/C18H19N5O3/c19-10-13-3-1-4-16(21-13)22-14-9-18(25-11-14)6-2-8-23(12-18)17(24)15-5-7-20-26-15/h1,3-5,7,14H,2,6,8-9,11-12H2,(H,21,22)/t14-,18-/m1/s1. The first kappa shape index (κ1) is 16.5. The van der Waals surface area contributed by atoms with Gasteiger partial charge in [0.05, 0.1) is 31.0 Å². The Morgan fingerprint density at radius 3 is 3.15 bits per heavy atom. The molecule has 0 radical (unpaired) electrons. The molecule has 8 heteroatoms. The van der Waals surface area contributed by atoms with E-state index in [-0.39, 0.29) is 23.3 Å². The highest BCUT2D eigenvalue weighted by molar-refractivity contribution is 5.91. The Labute approximate surface area is 150 Å². The lowest BCUT2D eigenvalue weighted by molar-refractivity contribution is -0.0454. The SMILES string of the molecule is N#Cc1cccc(N[C@H]2CO[C@]3(CCCN(C(=O)c4ccno4)C3)C2)n1. The van der Waals surface area contributed by atoms with Crippen molar-refractivity contribution in [2.45, 2.75) is 30.9 Å². The van der Waals surface area contributed by atoms with E-state index in [0.717, 1.165) is 19.3 Å². The molecule has 2 aromatic rings. The van der Waals surface area contributed by atoms with Crippen LogP contribution in [0.15, 0.2) is 35.0 Å². The largest absolute Gasteiger partial charge is 0.371 e. The molecule has 2 aromatic heterocycles.